The van der Waals surface area contributed by atoms with E-state index in [9.17, 15) is 4.79 Å². The number of H-pyrrole nitrogens is 1. The van der Waals surface area contributed by atoms with E-state index in [-0.39, 0.29) is 5.56 Å². The fraction of sp³-hybridized carbons (Fsp3) is 0.0667. The van der Waals surface area contributed by atoms with Gasteiger partial charge in [-0.05, 0) is 16.8 Å². The van der Waals surface area contributed by atoms with E-state index in [2.05, 4.69) is 9.97 Å². The molecule has 0 saturated carbocycles. The third-order valence-corrected chi connectivity index (χ3v) is 3.06. The molecule has 3 aromatic rings. The van der Waals surface area contributed by atoms with Gasteiger partial charge in [-0.2, -0.15) is 0 Å². The summed E-state index contributed by atoms with van der Waals surface area (Å²) in [7, 11) is 1.59. The molecule has 0 bridgehead atoms. The smallest absolute Gasteiger partial charge is 0.274 e. The number of rotatable bonds is 2. The zero-order valence-corrected chi connectivity index (χ0v) is 10.4. The number of aromatic amines is 1. The minimum Gasteiger partial charge on any atom is -0.496 e. The predicted octanol–water partition coefficient (Wildman–Crippen LogP) is 2.60. The molecule has 3 rings (SSSR count). The fourth-order valence-corrected chi connectivity index (χ4v) is 2.20. The molecule has 0 radical (unpaired) electrons. The number of benzene rings is 2. The van der Waals surface area contributed by atoms with E-state index in [1.807, 2.05) is 36.4 Å². The van der Waals surface area contributed by atoms with E-state index < -0.39 is 0 Å². The summed E-state index contributed by atoms with van der Waals surface area (Å²) in [6.07, 6.45) is 3.08. The van der Waals surface area contributed by atoms with E-state index in [1.165, 1.54) is 6.20 Å². The van der Waals surface area contributed by atoms with Gasteiger partial charge in [0.05, 0.1) is 12.7 Å². The maximum absolute atomic E-state index is 12.0. The molecule has 0 fully saturated rings. The average Bonchev–Trinajstić information content (AvgIpc) is 2.47. The molecule has 0 spiro atoms. The lowest BCUT2D eigenvalue weighted by Gasteiger charge is -2.10. The van der Waals surface area contributed by atoms with Gasteiger partial charge in [-0.25, -0.2) is 4.98 Å². The quantitative estimate of drug-likeness (QED) is 0.762. The molecule has 1 heterocycles. The van der Waals surface area contributed by atoms with Crippen LogP contribution in [0.1, 0.15) is 0 Å². The van der Waals surface area contributed by atoms with E-state index in [0.29, 0.717) is 11.4 Å². The molecule has 0 unspecified atom stereocenters. The molecule has 94 valence electrons. The first-order valence-electron chi connectivity index (χ1n) is 5.91. The number of nitrogens with one attached hydrogen (secondary N) is 1. The number of nitrogens with zero attached hydrogens (tertiary/aromatic N) is 1. The third-order valence-electron chi connectivity index (χ3n) is 3.06. The molecule has 1 aromatic heterocycles. The van der Waals surface area contributed by atoms with Crippen LogP contribution in [-0.4, -0.2) is 17.1 Å². The summed E-state index contributed by atoms with van der Waals surface area (Å²) in [4.78, 5) is 18.8. The second kappa shape index (κ2) is 4.57. The third kappa shape index (κ3) is 1.87. The van der Waals surface area contributed by atoms with Crippen molar-refractivity contribution in [1.29, 1.82) is 0 Å². The normalized spacial score (nSPS) is 10.6. The van der Waals surface area contributed by atoms with Crippen LogP contribution in [0.3, 0.4) is 0 Å². The monoisotopic (exact) mass is 252 g/mol. The number of fused-ring (bicyclic) bond motifs is 1. The molecular formula is C15H12N2O2. The lowest BCUT2D eigenvalue weighted by atomic mass is 10.0. The number of aromatic nitrogens is 2. The second-order valence-corrected chi connectivity index (χ2v) is 4.13. The number of hydrogen-bond acceptors (Lipinski definition) is 3. The Morgan fingerprint density at radius 3 is 2.79 bits per heavy atom. The minimum atomic E-state index is -0.225. The summed E-state index contributed by atoms with van der Waals surface area (Å²) in [5.74, 6) is 0.642. The highest BCUT2D eigenvalue weighted by molar-refractivity contribution is 5.98. The van der Waals surface area contributed by atoms with Crippen LogP contribution < -0.4 is 10.3 Å². The molecule has 0 amide bonds. The van der Waals surface area contributed by atoms with Crippen molar-refractivity contribution in [2.75, 3.05) is 7.11 Å². The van der Waals surface area contributed by atoms with Crippen LogP contribution in [0.25, 0.3) is 22.0 Å². The van der Waals surface area contributed by atoms with Gasteiger partial charge < -0.3 is 9.72 Å². The van der Waals surface area contributed by atoms with Gasteiger partial charge >= 0.3 is 0 Å². The molecule has 1 N–H and O–H groups in total. The zero-order valence-electron chi connectivity index (χ0n) is 10.4. The Morgan fingerprint density at radius 1 is 1.16 bits per heavy atom. The summed E-state index contributed by atoms with van der Waals surface area (Å²) in [6, 6.07) is 11.7. The van der Waals surface area contributed by atoms with Gasteiger partial charge in [-0.3, -0.25) is 4.79 Å². The van der Waals surface area contributed by atoms with Gasteiger partial charge in [0, 0.05) is 12.4 Å². The van der Waals surface area contributed by atoms with Crippen LogP contribution in [0, 0.1) is 0 Å². The Morgan fingerprint density at radius 2 is 2.00 bits per heavy atom. The minimum absolute atomic E-state index is 0.225. The van der Waals surface area contributed by atoms with Gasteiger partial charge in [-0.15, -0.1) is 0 Å². The maximum atomic E-state index is 12.0. The van der Waals surface area contributed by atoms with Gasteiger partial charge in [0.2, 0.25) is 0 Å². The summed E-state index contributed by atoms with van der Waals surface area (Å²) in [6.45, 7) is 0. The first-order valence-corrected chi connectivity index (χ1v) is 5.91. The molecule has 0 atom stereocenters. The fourth-order valence-electron chi connectivity index (χ4n) is 2.20. The van der Waals surface area contributed by atoms with E-state index in [0.717, 1.165) is 16.3 Å². The van der Waals surface area contributed by atoms with Crippen molar-refractivity contribution < 1.29 is 4.74 Å². The van der Waals surface area contributed by atoms with Crippen LogP contribution in [0.5, 0.6) is 5.75 Å². The Hall–Kier alpha value is -2.62. The van der Waals surface area contributed by atoms with E-state index >= 15 is 0 Å². The molecule has 19 heavy (non-hydrogen) atoms. The van der Waals surface area contributed by atoms with Crippen LogP contribution in [0.4, 0.5) is 0 Å². The first-order chi connectivity index (χ1) is 9.31. The van der Waals surface area contributed by atoms with Crippen LogP contribution in [0.2, 0.25) is 0 Å². The molecule has 0 aliphatic rings. The highest BCUT2D eigenvalue weighted by Crippen LogP contribution is 2.34. The lowest BCUT2D eigenvalue weighted by Crippen LogP contribution is -2.10. The molecule has 0 aliphatic carbocycles. The maximum Gasteiger partial charge on any atom is 0.274 e. The van der Waals surface area contributed by atoms with Crippen molar-refractivity contribution in [3.63, 3.8) is 0 Å². The van der Waals surface area contributed by atoms with Crippen molar-refractivity contribution in [3.05, 3.63) is 59.1 Å². The number of hydrogen-bond donors (Lipinski definition) is 1. The zero-order chi connectivity index (χ0) is 13.2. The topological polar surface area (TPSA) is 55.0 Å². The number of methoxy groups -OCH3 is 1. The lowest BCUT2D eigenvalue weighted by molar-refractivity contribution is 0.417. The number of ether oxygens (including phenoxy) is 1. The van der Waals surface area contributed by atoms with Gasteiger partial charge in [0.15, 0.2) is 0 Å². The van der Waals surface area contributed by atoms with Crippen molar-refractivity contribution in [2.24, 2.45) is 0 Å². The molecule has 4 heteroatoms. The Balaban J connectivity index is 2.44. The Kier molecular flexibility index (Phi) is 2.76. The molecular weight excluding hydrogens is 240 g/mol. The van der Waals surface area contributed by atoms with Crippen LogP contribution in [-0.2, 0) is 0 Å². The van der Waals surface area contributed by atoms with E-state index in [4.69, 9.17) is 4.74 Å². The van der Waals surface area contributed by atoms with Gasteiger partial charge in [-0.1, -0.05) is 30.3 Å². The van der Waals surface area contributed by atoms with Crippen molar-refractivity contribution in [2.45, 2.75) is 0 Å². The average molecular weight is 252 g/mol. The van der Waals surface area contributed by atoms with Crippen LogP contribution in [0.15, 0.2) is 53.6 Å². The van der Waals surface area contributed by atoms with Crippen molar-refractivity contribution >= 4 is 10.8 Å². The summed E-state index contributed by atoms with van der Waals surface area (Å²) in [5.41, 5.74) is 0.871. The predicted molar refractivity (Wildman–Crippen MR) is 74.4 cm³/mol. The highest BCUT2D eigenvalue weighted by atomic mass is 16.5. The Labute approximate surface area is 109 Å². The molecule has 2 aromatic carbocycles. The van der Waals surface area contributed by atoms with E-state index in [1.54, 1.807) is 13.3 Å². The standard InChI is InChI=1S/C15H12N2O2/c1-19-12-7-6-10-4-2-3-5-11(10)13(12)14-15(18)17-9-8-16-14/h2-9H,1H3,(H,17,18). The van der Waals surface area contributed by atoms with Crippen molar-refractivity contribution in [1.82, 2.24) is 9.97 Å². The first kappa shape index (κ1) is 11.5. The highest BCUT2D eigenvalue weighted by Gasteiger charge is 2.14. The molecule has 4 nitrogen and oxygen atoms in total. The van der Waals surface area contributed by atoms with Gasteiger partial charge in [0.1, 0.15) is 11.4 Å². The summed E-state index contributed by atoms with van der Waals surface area (Å²) < 4.78 is 5.37. The largest absolute Gasteiger partial charge is 0.496 e. The molecule has 0 aliphatic heterocycles. The van der Waals surface area contributed by atoms with Gasteiger partial charge in [0.25, 0.3) is 5.56 Å². The van der Waals surface area contributed by atoms with Crippen LogP contribution >= 0.6 is 0 Å². The molecule has 0 saturated heterocycles. The summed E-state index contributed by atoms with van der Waals surface area (Å²) in [5, 5.41) is 1.99. The van der Waals surface area contributed by atoms with Crippen molar-refractivity contribution in [3.8, 4) is 17.0 Å². The Bertz CT molecular complexity index is 793. The SMILES string of the molecule is COc1ccc2ccccc2c1-c1ncc[nH]c1=O. The second-order valence-electron chi connectivity index (χ2n) is 4.13. The summed E-state index contributed by atoms with van der Waals surface area (Å²) >= 11 is 0.